The van der Waals surface area contributed by atoms with Gasteiger partial charge in [0.25, 0.3) is 0 Å². The van der Waals surface area contributed by atoms with Crippen molar-refractivity contribution >= 4 is 38.5 Å². The molecule has 0 bridgehead atoms. The van der Waals surface area contributed by atoms with Crippen molar-refractivity contribution in [3.63, 3.8) is 0 Å². The predicted molar refractivity (Wildman–Crippen MR) is 86.6 cm³/mol. The van der Waals surface area contributed by atoms with Crippen LogP contribution in [0.15, 0.2) is 47.2 Å². The molecule has 94 valence electrons. The number of nitrogens with one attached hydrogen (secondary N) is 1. The second-order valence-electron chi connectivity index (χ2n) is 4.11. The molecule has 0 fully saturated rings. The molecule has 1 N–H and O–H groups in total. The lowest BCUT2D eigenvalue weighted by Gasteiger charge is -2.17. The van der Waals surface area contributed by atoms with Crippen molar-refractivity contribution in [2.75, 3.05) is 7.05 Å². The topological polar surface area (TPSA) is 24.9 Å². The van der Waals surface area contributed by atoms with Crippen LogP contribution in [0.25, 0.3) is 0 Å². The molecule has 0 amide bonds. The molecule has 2 nitrogen and oxygen atoms in total. The van der Waals surface area contributed by atoms with E-state index in [0.717, 1.165) is 10.9 Å². The van der Waals surface area contributed by atoms with Gasteiger partial charge in [0.2, 0.25) is 0 Å². The molecule has 0 radical (unpaired) electrons. The van der Waals surface area contributed by atoms with Gasteiger partial charge in [0, 0.05) is 26.5 Å². The molecular formula is C14H14BrIN2. The predicted octanol–water partition coefficient (Wildman–Crippen LogP) is 3.95. The number of likely N-dealkylation sites (N-methyl/N-ethyl adjacent to an activating group) is 1. The van der Waals surface area contributed by atoms with E-state index in [9.17, 15) is 0 Å². The normalized spacial score (nSPS) is 12.4. The molecule has 2 rings (SSSR count). The van der Waals surface area contributed by atoms with Crippen molar-refractivity contribution in [1.29, 1.82) is 0 Å². The lowest BCUT2D eigenvalue weighted by atomic mass is 10.0. The maximum atomic E-state index is 4.21. The number of rotatable bonds is 4. The quantitative estimate of drug-likeness (QED) is 0.763. The summed E-state index contributed by atoms with van der Waals surface area (Å²) >= 11 is 5.80. The molecular weight excluding hydrogens is 403 g/mol. The zero-order valence-electron chi connectivity index (χ0n) is 10.0. The Morgan fingerprint density at radius 1 is 1.33 bits per heavy atom. The van der Waals surface area contributed by atoms with Gasteiger partial charge in [0.1, 0.15) is 0 Å². The van der Waals surface area contributed by atoms with Crippen LogP contribution < -0.4 is 5.32 Å². The van der Waals surface area contributed by atoms with Crippen LogP contribution in [-0.4, -0.2) is 12.0 Å². The average molecular weight is 417 g/mol. The summed E-state index contributed by atoms with van der Waals surface area (Å²) in [7, 11) is 2.00. The SMILES string of the molecule is CNC(Cc1cncc(Br)c1)c1cccc(I)c1. The largest absolute Gasteiger partial charge is 0.313 e. The lowest BCUT2D eigenvalue weighted by molar-refractivity contribution is 0.590. The number of aromatic nitrogens is 1. The van der Waals surface area contributed by atoms with Crippen LogP contribution in [0.4, 0.5) is 0 Å². The molecule has 1 atom stereocenters. The summed E-state index contributed by atoms with van der Waals surface area (Å²) in [5.41, 5.74) is 2.53. The van der Waals surface area contributed by atoms with E-state index < -0.39 is 0 Å². The first-order chi connectivity index (χ1) is 8.69. The fourth-order valence-electron chi connectivity index (χ4n) is 1.91. The standard InChI is InChI=1S/C14H14BrIN2/c1-17-14(11-3-2-4-13(16)7-11)6-10-5-12(15)9-18-8-10/h2-5,7-9,14,17H,6H2,1H3. The van der Waals surface area contributed by atoms with Gasteiger partial charge in [0.15, 0.2) is 0 Å². The summed E-state index contributed by atoms with van der Waals surface area (Å²) in [5, 5.41) is 3.37. The third kappa shape index (κ3) is 3.76. The van der Waals surface area contributed by atoms with Gasteiger partial charge in [0.05, 0.1) is 0 Å². The van der Waals surface area contributed by atoms with Crippen molar-refractivity contribution < 1.29 is 0 Å². The molecule has 0 aliphatic carbocycles. The number of halogens is 2. The van der Waals surface area contributed by atoms with Crippen LogP contribution in [0.1, 0.15) is 17.2 Å². The first-order valence-electron chi connectivity index (χ1n) is 5.71. The molecule has 0 aliphatic rings. The summed E-state index contributed by atoms with van der Waals surface area (Å²) in [6.07, 6.45) is 4.66. The minimum atomic E-state index is 0.316. The van der Waals surface area contributed by atoms with E-state index in [0.29, 0.717) is 6.04 Å². The van der Waals surface area contributed by atoms with E-state index in [1.165, 1.54) is 14.7 Å². The van der Waals surface area contributed by atoms with E-state index in [4.69, 9.17) is 0 Å². The molecule has 18 heavy (non-hydrogen) atoms. The second-order valence-corrected chi connectivity index (χ2v) is 6.27. The van der Waals surface area contributed by atoms with Crippen molar-refractivity contribution in [3.8, 4) is 0 Å². The van der Waals surface area contributed by atoms with E-state index in [1.807, 2.05) is 19.4 Å². The first kappa shape index (κ1) is 14.0. The Kier molecular flexibility index (Phi) is 5.14. The van der Waals surface area contributed by atoms with Gasteiger partial charge in [-0.15, -0.1) is 0 Å². The highest BCUT2D eigenvalue weighted by Gasteiger charge is 2.10. The molecule has 0 saturated carbocycles. The fraction of sp³-hybridized carbons (Fsp3) is 0.214. The van der Waals surface area contributed by atoms with Crippen LogP contribution in [0.2, 0.25) is 0 Å². The summed E-state index contributed by atoms with van der Waals surface area (Å²) in [6, 6.07) is 11.0. The van der Waals surface area contributed by atoms with Crippen LogP contribution in [0, 0.1) is 3.57 Å². The molecule has 2 aromatic rings. The Labute approximate surface area is 129 Å². The zero-order chi connectivity index (χ0) is 13.0. The monoisotopic (exact) mass is 416 g/mol. The third-order valence-corrected chi connectivity index (χ3v) is 3.91. The van der Waals surface area contributed by atoms with E-state index in [1.54, 1.807) is 0 Å². The molecule has 4 heteroatoms. The summed E-state index contributed by atoms with van der Waals surface area (Å²) < 4.78 is 2.29. The minimum absolute atomic E-state index is 0.316. The van der Waals surface area contributed by atoms with Gasteiger partial charge in [-0.3, -0.25) is 4.98 Å². The molecule has 0 aliphatic heterocycles. The van der Waals surface area contributed by atoms with E-state index in [2.05, 4.69) is 79.2 Å². The lowest BCUT2D eigenvalue weighted by Crippen LogP contribution is -2.19. The highest BCUT2D eigenvalue weighted by molar-refractivity contribution is 14.1. The Hall–Kier alpha value is -0.460. The fourth-order valence-corrected chi connectivity index (χ4v) is 2.89. The Bertz CT molecular complexity index is 531. The number of pyridine rings is 1. The van der Waals surface area contributed by atoms with Gasteiger partial charge >= 0.3 is 0 Å². The van der Waals surface area contributed by atoms with Gasteiger partial charge in [-0.25, -0.2) is 0 Å². The van der Waals surface area contributed by atoms with Crippen molar-refractivity contribution in [1.82, 2.24) is 10.3 Å². The Balaban J connectivity index is 2.19. The number of hydrogen-bond donors (Lipinski definition) is 1. The van der Waals surface area contributed by atoms with Crippen molar-refractivity contribution in [3.05, 3.63) is 61.9 Å². The average Bonchev–Trinajstić information content (AvgIpc) is 2.36. The maximum absolute atomic E-state index is 4.21. The molecule has 1 heterocycles. The summed E-state index contributed by atoms with van der Waals surface area (Å²) in [4.78, 5) is 4.21. The first-order valence-corrected chi connectivity index (χ1v) is 7.58. The van der Waals surface area contributed by atoms with Crippen molar-refractivity contribution in [2.24, 2.45) is 0 Å². The van der Waals surface area contributed by atoms with Crippen LogP contribution in [-0.2, 0) is 6.42 Å². The number of nitrogens with zero attached hydrogens (tertiary/aromatic N) is 1. The molecule has 1 aromatic heterocycles. The highest BCUT2D eigenvalue weighted by Crippen LogP contribution is 2.21. The van der Waals surface area contributed by atoms with E-state index >= 15 is 0 Å². The minimum Gasteiger partial charge on any atom is -0.313 e. The zero-order valence-corrected chi connectivity index (χ0v) is 13.8. The van der Waals surface area contributed by atoms with Crippen molar-refractivity contribution in [2.45, 2.75) is 12.5 Å². The Morgan fingerprint density at radius 2 is 2.17 bits per heavy atom. The Morgan fingerprint density at radius 3 is 2.83 bits per heavy atom. The van der Waals surface area contributed by atoms with Crippen LogP contribution >= 0.6 is 38.5 Å². The maximum Gasteiger partial charge on any atom is 0.0410 e. The molecule has 0 spiro atoms. The molecule has 1 unspecified atom stereocenters. The van der Waals surface area contributed by atoms with Gasteiger partial charge < -0.3 is 5.32 Å². The smallest absolute Gasteiger partial charge is 0.0410 e. The van der Waals surface area contributed by atoms with Gasteiger partial charge in [-0.1, -0.05) is 12.1 Å². The van der Waals surface area contributed by atoms with Gasteiger partial charge in [-0.05, 0) is 81.3 Å². The molecule has 0 saturated heterocycles. The summed E-state index contributed by atoms with van der Waals surface area (Å²) in [5.74, 6) is 0. The number of benzene rings is 1. The summed E-state index contributed by atoms with van der Waals surface area (Å²) in [6.45, 7) is 0. The van der Waals surface area contributed by atoms with E-state index in [-0.39, 0.29) is 0 Å². The molecule has 1 aromatic carbocycles. The second kappa shape index (κ2) is 6.63. The number of hydrogen-bond acceptors (Lipinski definition) is 2. The highest BCUT2D eigenvalue weighted by atomic mass is 127. The van der Waals surface area contributed by atoms with Crippen LogP contribution in [0.3, 0.4) is 0 Å². The van der Waals surface area contributed by atoms with Crippen LogP contribution in [0.5, 0.6) is 0 Å². The van der Waals surface area contributed by atoms with Gasteiger partial charge in [-0.2, -0.15) is 0 Å². The third-order valence-electron chi connectivity index (χ3n) is 2.80.